The third-order valence-corrected chi connectivity index (χ3v) is 4.01. The summed E-state index contributed by atoms with van der Waals surface area (Å²) in [5, 5.41) is 4.21. The molecule has 0 aliphatic heterocycles. The van der Waals surface area contributed by atoms with Gasteiger partial charge in [0.15, 0.2) is 0 Å². The molecular formula is C15H19N3O. The predicted octanol–water partition coefficient (Wildman–Crippen LogP) is 1.83. The fourth-order valence-corrected chi connectivity index (χ4v) is 2.76. The standard InChI is InChI=1S/C15H19N3O/c1-9-13(12-4-2-3-5-14(12)18-9)8-17-15(19)10-6-11(16)7-10/h2-5,10-11,18H,6-8,16H2,1H3,(H,17,19). The van der Waals surface area contributed by atoms with Crippen LogP contribution in [0.25, 0.3) is 10.9 Å². The molecule has 2 aromatic rings. The zero-order chi connectivity index (χ0) is 13.4. The number of carbonyl (C=O) groups is 1. The van der Waals surface area contributed by atoms with E-state index in [1.54, 1.807) is 0 Å². The Morgan fingerprint density at radius 1 is 1.42 bits per heavy atom. The van der Waals surface area contributed by atoms with E-state index < -0.39 is 0 Å². The minimum absolute atomic E-state index is 0.112. The van der Waals surface area contributed by atoms with Crippen molar-refractivity contribution in [3.63, 3.8) is 0 Å². The van der Waals surface area contributed by atoms with Gasteiger partial charge < -0.3 is 16.0 Å². The molecule has 1 heterocycles. The second kappa shape index (κ2) is 4.70. The molecule has 1 aliphatic carbocycles. The van der Waals surface area contributed by atoms with Gasteiger partial charge >= 0.3 is 0 Å². The fraction of sp³-hybridized carbons (Fsp3) is 0.400. The third kappa shape index (κ3) is 2.24. The summed E-state index contributed by atoms with van der Waals surface area (Å²) in [6.45, 7) is 2.63. The first-order valence-electron chi connectivity index (χ1n) is 6.74. The minimum atomic E-state index is 0.112. The molecule has 3 rings (SSSR count). The van der Waals surface area contributed by atoms with Gasteiger partial charge in [-0.1, -0.05) is 18.2 Å². The van der Waals surface area contributed by atoms with Gasteiger partial charge in [0.05, 0.1) is 0 Å². The Labute approximate surface area is 112 Å². The lowest BCUT2D eigenvalue weighted by Crippen LogP contribution is -2.44. The maximum Gasteiger partial charge on any atom is 0.223 e. The van der Waals surface area contributed by atoms with Gasteiger partial charge in [-0.25, -0.2) is 0 Å². The quantitative estimate of drug-likeness (QED) is 0.785. The summed E-state index contributed by atoms with van der Waals surface area (Å²) in [4.78, 5) is 15.3. The topological polar surface area (TPSA) is 70.9 Å². The number of aromatic nitrogens is 1. The molecule has 0 saturated heterocycles. The summed E-state index contributed by atoms with van der Waals surface area (Å²) < 4.78 is 0. The normalized spacial score (nSPS) is 22.2. The first kappa shape index (κ1) is 12.2. The number of fused-ring (bicyclic) bond motifs is 1. The van der Waals surface area contributed by atoms with Crippen molar-refractivity contribution in [2.75, 3.05) is 0 Å². The van der Waals surface area contributed by atoms with E-state index in [4.69, 9.17) is 5.73 Å². The lowest BCUT2D eigenvalue weighted by molar-refractivity contribution is -0.128. The number of carbonyl (C=O) groups excluding carboxylic acids is 1. The highest BCUT2D eigenvalue weighted by atomic mass is 16.1. The van der Waals surface area contributed by atoms with Crippen molar-refractivity contribution in [2.45, 2.75) is 32.4 Å². The Kier molecular flexibility index (Phi) is 3.03. The average Bonchev–Trinajstić information content (AvgIpc) is 2.68. The Hall–Kier alpha value is -1.81. The lowest BCUT2D eigenvalue weighted by Gasteiger charge is -2.31. The van der Waals surface area contributed by atoms with Crippen LogP contribution >= 0.6 is 0 Å². The maximum absolute atomic E-state index is 11.9. The van der Waals surface area contributed by atoms with E-state index in [2.05, 4.69) is 22.4 Å². The molecule has 4 nitrogen and oxygen atoms in total. The number of nitrogens with one attached hydrogen (secondary N) is 2. The zero-order valence-electron chi connectivity index (χ0n) is 11.1. The van der Waals surface area contributed by atoms with E-state index in [1.165, 1.54) is 10.9 Å². The summed E-state index contributed by atoms with van der Waals surface area (Å²) in [5.74, 6) is 0.242. The molecule has 0 spiro atoms. The second-order valence-electron chi connectivity index (χ2n) is 5.42. The number of amides is 1. The molecule has 1 saturated carbocycles. The minimum Gasteiger partial charge on any atom is -0.358 e. The molecule has 1 aromatic carbocycles. The first-order chi connectivity index (χ1) is 9.15. The molecule has 0 radical (unpaired) electrons. The highest BCUT2D eigenvalue weighted by molar-refractivity contribution is 5.85. The summed E-state index contributed by atoms with van der Waals surface area (Å²) in [7, 11) is 0. The van der Waals surface area contributed by atoms with E-state index in [0.29, 0.717) is 6.54 Å². The van der Waals surface area contributed by atoms with E-state index >= 15 is 0 Å². The van der Waals surface area contributed by atoms with E-state index in [9.17, 15) is 4.79 Å². The predicted molar refractivity (Wildman–Crippen MR) is 75.6 cm³/mol. The number of aryl methyl sites for hydroxylation is 1. The number of rotatable bonds is 3. The molecule has 0 bridgehead atoms. The number of benzene rings is 1. The van der Waals surface area contributed by atoms with Crippen LogP contribution in [0.5, 0.6) is 0 Å². The number of para-hydroxylation sites is 1. The number of hydrogen-bond acceptors (Lipinski definition) is 2. The molecular weight excluding hydrogens is 238 g/mol. The van der Waals surface area contributed by atoms with Crippen LogP contribution < -0.4 is 11.1 Å². The number of hydrogen-bond donors (Lipinski definition) is 3. The van der Waals surface area contributed by atoms with E-state index in [0.717, 1.165) is 24.1 Å². The molecule has 0 unspecified atom stereocenters. The highest BCUT2D eigenvalue weighted by Gasteiger charge is 2.31. The van der Waals surface area contributed by atoms with Crippen LogP contribution in [0, 0.1) is 12.8 Å². The number of nitrogens with two attached hydrogens (primary N) is 1. The van der Waals surface area contributed by atoms with E-state index in [-0.39, 0.29) is 17.9 Å². The Bertz CT molecular complexity index is 611. The van der Waals surface area contributed by atoms with Crippen molar-refractivity contribution in [2.24, 2.45) is 11.7 Å². The second-order valence-corrected chi connectivity index (χ2v) is 5.42. The van der Waals surface area contributed by atoms with Crippen LogP contribution in [0.4, 0.5) is 0 Å². The average molecular weight is 257 g/mol. The van der Waals surface area contributed by atoms with Crippen LogP contribution in [0.3, 0.4) is 0 Å². The summed E-state index contributed by atoms with van der Waals surface area (Å²) in [6, 6.07) is 8.38. The SMILES string of the molecule is Cc1[nH]c2ccccc2c1CNC(=O)C1CC(N)C1. The molecule has 1 amide bonds. The molecule has 100 valence electrons. The largest absolute Gasteiger partial charge is 0.358 e. The summed E-state index contributed by atoms with van der Waals surface area (Å²) in [5.41, 5.74) is 9.12. The summed E-state index contributed by atoms with van der Waals surface area (Å²) in [6.07, 6.45) is 1.64. The van der Waals surface area contributed by atoms with Crippen molar-refractivity contribution in [1.82, 2.24) is 10.3 Å². The van der Waals surface area contributed by atoms with Gasteiger partial charge in [0, 0.05) is 35.1 Å². The molecule has 4 heteroatoms. The van der Waals surface area contributed by atoms with Crippen molar-refractivity contribution < 1.29 is 4.79 Å². The number of aromatic amines is 1. The Morgan fingerprint density at radius 2 is 2.16 bits per heavy atom. The Morgan fingerprint density at radius 3 is 2.89 bits per heavy atom. The Balaban J connectivity index is 1.71. The summed E-state index contributed by atoms with van der Waals surface area (Å²) >= 11 is 0. The molecule has 0 atom stereocenters. The van der Waals surface area contributed by atoms with Crippen LogP contribution in [0.1, 0.15) is 24.1 Å². The smallest absolute Gasteiger partial charge is 0.223 e. The van der Waals surface area contributed by atoms with Crippen molar-refractivity contribution in [3.05, 3.63) is 35.5 Å². The monoisotopic (exact) mass is 257 g/mol. The van der Waals surface area contributed by atoms with Gasteiger partial charge in [0.25, 0.3) is 0 Å². The van der Waals surface area contributed by atoms with Gasteiger partial charge in [-0.3, -0.25) is 4.79 Å². The third-order valence-electron chi connectivity index (χ3n) is 4.01. The van der Waals surface area contributed by atoms with Gasteiger partial charge in [-0.2, -0.15) is 0 Å². The van der Waals surface area contributed by atoms with Gasteiger partial charge in [0.1, 0.15) is 0 Å². The molecule has 1 aromatic heterocycles. The van der Waals surface area contributed by atoms with Crippen LogP contribution in [-0.4, -0.2) is 16.9 Å². The molecule has 1 aliphatic rings. The number of H-pyrrole nitrogens is 1. The highest BCUT2D eigenvalue weighted by Crippen LogP contribution is 2.26. The maximum atomic E-state index is 11.9. The van der Waals surface area contributed by atoms with Gasteiger partial charge in [-0.15, -0.1) is 0 Å². The molecule has 19 heavy (non-hydrogen) atoms. The van der Waals surface area contributed by atoms with Crippen molar-refractivity contribution in [3.8, 4) is 0 Å². The molecule has 4 N–H and O–H groups in total. The van der Waals surface area contributed by atoms with Gasteiger partial charge in [0.2, 0.25) is 5.91 Å². The van der Waals surface area contributed by atoms with Crippen LogP contribution in [-0.2, 0) is 11.3 Å². The first-order valence-corrected chi connectivity index (χ1v) is 6.74. The van der Waals surface area contributed by atoms with Crippen molar-refractivity contribution >= 4 is 16.8 Å². The fourth-order valence-electron chi connectivity index (χ4n) is 2.76. The lowest BCUT2D eigenvalue weighted by atomic mass is 9.80. The van der Waals surface area contributed by atoms with E-state index in [1.807, 2.05) is 19.1 Å². The van der Waals surface area contributed by atoms with Crippen LogP contribution in [0.2, 0.25) is 0 Å². The molecule has 1 fully saturated rings. The van der Waals surface area contributed by atoms with Crippen molar-refractivity contribution in [1.29, 1.82) is 0 Å². The zero-order valence-corrected chi connectivity index (χ0v) is 11.1. The van der Waals surface area contributed by atoms with Crippen LogP contribution in [0.15, 0.2) is 24.3 Å². The van der Waals surface area contributed by atoms with Gasteiger partial charge in [-0.05, 0) is 31.4 Å².